The van der Waals surface area contributed by atoms with Crippen LogP contribution in [-0.4, -0.2) is 12.1 Å². The second-order valence-corrected chi connectivity index (χ2v) is 6.92. The zero-order valence-electron chi connectivity index (χ0n) is 16.9. The molecule has 2 aromatic carbocycles. The molecule has 1 heterocycles. The molecule has 3 rings (SSSR count). The largest absolute Gasteiger partial charge is 0.493 e. The second kappa shape index (κ2) is 9.65. The number of ether oxygens (including phenoxy) is 2. The monoisotopic (exact) mass is 415 g/mol. The number of hydrogen-bond acceptors (Lipinski definition) is 3. The summed E-state index contributed by atoms with van der Waals surface area (Å²) in [4.78, 5) is 4.69. The molecule has 0 amide bonds. The number of aromatic nitrogens is 1. The molecule has 158 valence electrons. The van der Waals surface area contributed by atoms with Gasteiger partial charge in [-0.05, 0) is 49.2 Å². The van der Waals surface area contributed by atoms with E-state index in [0.29, 0.717) is 22.8 Å². The summed E-state index contributed by atoms with van der Waals surface area (Å²) in [5, 5.41) is 0. The molecule has 0 aliphatic heterocycles. The first-order valence-electron chi connectivity index (χ1n) is 9.86. The van der Waals surface area contributed by atoms with Crippen molar-refractivity contribution in [2.24, 2.45) is 0 Å². The van der Waals surface area contributed by atoms with E-state index in [0.717, 1.165) is 37.1 Å². The topological polar surface area (TPSA) is 31.4 Å². The number of halogens is 3. The molecule has 3 nitrogen and oxygen atoms in total. The normalized spacial score (nSPS) is 12.4. The van der Waals surface area contributed by atoms with E-state index in [-0.39, 0.29) is 6.10 Å². The van der Waals surface area contributed by atoms with Crippen molar-refractivity contribution in [2.45, 2.75) is 38.5 Å². The standard InChI is InChI=1S/C24H24F3NO2/c1-3-4-10-21(30-23-12-6-5-11-22(23)29-2)20-9-7-8-19(28-20)17-13-15-18(16-14-17)24(25,26)27/h5-9,11-16,21H,3-4,10H2,1-2H3/t21-/m1/s1. The molecule has 6 heteroatoms. The van der Waals surface area contributed by atoms with Crippen LogP contribution >= 0.6 is 0 Å². The minimum Gasteiger partial charge on any atom is -0.493 e. The van der Waals surface area contributed by atoms with Gasteiger partial charge in [0.05, 0.1) is 24.1 Å². The van der Waals surface area contributed by atoms with E-state index in [9.17, 15) is 13.2 Å². The van der Waals surface area contributed by atoms with Gasteiger partial charge in [-0.2, -0.15) is 13.2 Å². The van der Waals surface area contributed by atoms with Crippen molar-refractivity contribution in [1.29, 1.82) is 0 Å². The Morgan fingerprint density at radius 2 is 1.60 bits per heavy atom. The molecule has 0 radical (unpaired) electrons. The molecular formula is C24H24F3NO2. The van der Waals surface area contributed by atoms with Crippen LogP contribution in [0.3, 0.4) is 0 Å². The molecule has 0 bridgehead atoms. The molecule has 0 spiro atoms. The van der Waals surface area contributed by atoms with Crippen molar-refractivity contribution in [3.05, 3.63) is 78.0 Å². The molecule has 0 fully saturated rings. The summed E-state index contributed by atoms with van der Waals surface area (Å²) in [6.07, 6.45) is -1.94. The van der Waals surface area contributed by atoms with E-state index in [1.807, 2.05) is 36.4 Å². The Labute approximate surface area is 174 Å². The van der Waals surface area contributed by atoms with Crippen LogP contribution in [0.25, 0.3) is 11.3 Å². The van der Waals surface area contributed by atoms with Crippen LogP contribution in [0.2, 0.25) is 0 Å². The lowest BCUT2D eigenvalue weighted by Crippen LogP contribution is -2.11. The van der Waals surface area contributed by atoms with Crippen LogP contribution in [0.1, 0.15) is 43.5 Å². The lowest BCUT2D eigenvalue weighted by atomic mass is 10.1. The highest BCUT2D eigenvalue weighted by Gasteiger charge is 2.30. The Morgan fingerprint density at radius 3 is 2.23 bits per heavy atom. The Balaban J connectivity index is 1.89. The maximum atomic E-state index is 12.8. The molecule has 0 unspecified atom stereocenters. The predicted octanol–water partition coefficient (Wildman–Crippen LogP) is 7.09. The van der Waals surface area contributed by atoms with E-state index in [1.165, 1.54) is 12.1 Å². The van der Waals surface area contributed by atoms with Crippen LogP contribution in [0.15, 0.2) is 66.7 Å². The van der Waals surface area contributed by atoms with Crippen LogP contribution in [0.5, 0.6) is 11.5 Å². The minimum absolute atomic E-state index is 0.296. The van der Waals surface area contributed by atoms with E-state index >= 15 is 0 Å². The fourth-order valence-corrected chi connectivity index (χ4v) is 3.15. The first-order valence-corrected chi connectivity index (χ1v) is 9.86. The summed E-state index contributed by atoms with van der Waals surface area (Å²) >= 11 is 0. The summed E-state index contributed by atoms with van der Waals surface area (Å²) in [7, 11) is 1.59. The van der Waals surface area contributed by atoms with Crippen LogP contribution in [-0.2, 0) is 6.18 Å². The van der Waals surface area contributed by atoms with E-state index in [1.54, 1.807) is 13.2 Å². The third-order valence-electron chi connectivity index (χ3n) is 4.77. The van der Waals surface area contributed by atoms with Crippen molar-refractivity contribution in [3.8, 4) is 22.8 Å². The van der Waals surface area contributed by atoms with Gasteiger partial charge in [-0.15, -0.1) is 0 Å². The van der Waals surface area contributed by atoms with Crippen molar-refractivity contribution in [2.75, 3.05) is 7.11 Å². The Kier molecular flexibility index (Phi) is 6.98. The highest BCUT2D eigenvalue weighted by Crippen LogP contribution is 2.34. The maximum absolute atomic E-state index is 12.8. The average Bonchev–Trinajstić information content (AvgIpc) is 2.76. The molecule has 0 saturated heterocycles. The van der Waals surface area contributed by atoms with E-state index < -0.39 is 11.7 Å². The predicted molar refractivity (Wildman–Crippen MR) is 111 cm³/mol. The first-order chi connectivity index (χ1) is 14.4. The molecule has 3 aromatic rings. The van der Waals surface area contributed by atoms with E-state index in [2.05, 4.69) is 6.92 Å². The number of hydrogen-bond donors (Lipinski definition) is 0. The van der Waals surface area contributed by atoms with Crippen LogP contribution in [0, 0.1) is 0 Å². The average molecular weight is 415 g/mol. The fourth-order valence-electron chi connectivity index (χ4n) is 3.15. The second-order valence-electron chi connectivity index (χ2n) is 6.92. The SMILES string of the molecule is CCCC[C@@H](Oc1ccccc1OC)c1cccc(-c2ccc(C(F)(F)F)cc2)n1. The molecule has 1 aromatic heterocycles. The molecule has 0 saturated carbocycles. The number of nitrogens with zero attached hydrogens (tertiary/aromatic N) is 1. The van der Waals surface area contributed by atoms with Gasteiger partial charge in [0, 0.05) is 5.56 Å². The third-order valence-corrected chi connectivity index (χ3v) is 4.77. The number of benzene rings is 2. The van der Waals surface area contributed by atoms with Crippen molar-refractivity contribution < 1.29 is 22.6 Å². The summed E-state index contributed by atoms with van der Waals surface area (Å²) in [5.41, 5.74) is 1.28. The fraction of sp³-hybridized carbons (Fsp3) is 0.292. The van der Waals surface area contributed by atoms with Crippen LogP contribution in [0.4, 0.5) is 13.2 Å². The van der Waals surface area contributed by atoms with Gasteiger partial charge in [-0.1, -0.05) is 43.7 Å². The number of unbranched alkanes of at least 4 members (excludes halogenated alkanes) is 1. The first kappa shape index (κ1) is 21.7. The number of alkyl halides is 3. The Hall–Kier alpha value is -3.02. The number of pyridine rings is 1. The zero-order chi connectivity index (χ0) is 21.6. The summed E-state index contributed by atoms with van der Waals surface area (Å²) in [6, 6.07) is 18.0. The van der Waals surface area contributed by atoms with Gasteiger partial charge < -0.3 is 9.47 Å². The molecule has 0 aliphatic carbocycles. The smallest absolute Gasteiger partial charge is 0.416 e. The quantitative estimate of drug-likeness (QED) is 0.394. The van der Waals surface area contributed by atoms with Gasteiger partial charge in [-0.25, -0.2) is 4.98 Å². The van der Waals surface area contributed by atoms with Crippen LogP contribution < -0.4 is 9.47 Å². The number of para-hydroxylation sites is 2. The molecule has 30 heavy (non-hydrogen) atoms. The molecular weight excluding hydrogens is 391 g/mol. The lowest BCUT2D eigenvalue weighted by Gasteiger charge is -2.20. The summed E-state index contributed by atoms with van der Waals surface area (Å²) < 4.78 is 50.1. The summed E-state index contributed by atoms with van der Waals surface area (Å²) in [6.45, 7) is 2.10. The van der Waals surface area contributed by atoms with E-state index in [4.69, 9.17) is 14.5 Å². The molecule has 1 atom stereocenters. The lowest BCUT2D eigenvalue weighted by molar-refractivity contribution is -0.137. The number of rotatable bonds is 8. The number of methoxy groups -OCH3 is 1. The highest BCUT2D eigenvalue weighted by molar-refractivity contribution is 5.59. The molecule has 0 aliphatic rings. The summed E-state index contributed by atoms with van der Waals surface area (Å²) in [5.74, 6) is 1.26. The van der Waals surface area contributed by atoms with Gasteiger partial charge in [0.25, 0.3) is 0 Å². The zero-order valence-corrected chi connectivity index (χ0v) is 16.9. The van der Waals surface area contributed by atoms with Gasteiger partial charge in [0.2, 0.25) is 0 Å². The van der Waals surface area contributed by atoms with Gasteiger partial charge >= 0.3 is 6.18 Å². The van der Waals surface area contributed by atoms with Crippen molar-refractivity contribution >= 4 is 0 Å². The van der Waals surface area contributed by atoms with Gasteiger partial charge in [0.1, 0.15) is 6.10 Å². The maximum Gasteiger partial charge on any atom is 0.416 e. The third kappa shape index (κ3) is 5.32. The van der Waals surface area contributed by atoms with Crippen molar-refractivity contribution in [3.63, 3.8) is 0 Å². The van der Waals surface area contributed by atoms with Crippen molar-refractivity contribution in [1.82, 2.24) is 4.98 Å². The Morgan fingerprint density at radius 1 is 0.900 bits per heavy atom. The van der Waals surface area contributed by atoms with Gasteiger partial charge in [0.15, 0.2) is 11.5 Å². The molecule has 0 N–H and O–H groups in total. The Bertz CT molecular complexity index is 955. The highest BCUT2D eigenvalue weighted by atomic mass is 19.4. The minimum atomic E-state index is -4.36. The van der Waals surface area contributed by atoms with Gasteiger partial charge in [-0.3, -0.25) is 0 Å².